The number of hydrogen-bond donors (Lipinski definition) is 2. The minimum atomic E-state index is -0.0773. The Hall–Kier alpha value is -2.02. The average molecular weight is 379 g/mol. The second-order valence-corrected chi connectivity index (χ2v) is 6.89. The van der Waals surface area contributed by atoms with Crippen LogP contribution >= 0.6 is 23.2 Å². The van der Waals surface area contributed by atoms with E-state index in [2.05, 4.69) is 10.2 Å². The van der Waals surface area contributed by atoms with Crippen molar-refractivity contribution < 1.29 is 9.90 Å². The highest BCUT2D eigenvalue weighted by atomic mass is 35.5. The summed E-state index contributed by atoms with van der Waals surface area (Å²) in [4.78, 5) is 14.4. The second kappa shape index (κ2) is 6.37. The van der Waals surface area contributed by atoms with E-state index in [1.807, 2.05) is 22.9 Å². The van der Waals surface area contributed by atoms with Crippen LogP contribution in [-0.4, -0.2) is 50.4 Å². The highest BCUT2D eigenvalue weighted by Crippen LogP contribution is 2.38. The molecule has 0 aliphatic carbocycles. The van der Waals surface area contributed by atoms with E-state index in [4.69, 9.17) is 23.2 Å². The van der Waals surface area contributed by atoms with Crippen molar-refractivity contribution in [3.63, 3.8) is 0 Å². The number of nitrogens with one attached hydrogen (secondary N) is 1. The molecule has 1 unspecified atom stereocenters. The molecule has 0 saturated carbocycles. The van der Waals surface area contributed by atoms with Gasteiger partial charge in [-0.3, -0.25) is 9.89 Å². The standard InChI is InChI=1S/C17H16Cl2N4O2/c18-13-2-1-10-5-14-12(11-6-20-21-7-11)8-22(3-4-24)15(25)9-23(14)17(10)16(13)19/h1-2,5-7,12,24H,3-4,8-9H2,(H,20,21). The second-order valence-electron chi connectivity index (χ2n) is 6.10. The Kier molecular flexibility index (Phi) is 4.19. The van der Waals surface area contributed by atoms with Gasteiger partial charge in [0.25, 0.3) is 0 Å². The zero-order valence-electron chi connectivity index (χ0n) is 13.2. The fourth-order valence-electron chi connectivity index (χ4n) is 3.49. The fraction of sp³-hybridized carbons (Fsp3) is 0.294. The molecule has 1 aliphatic heterocycles. The van der Waals surface area contributed by atoms with Crippen molar-refractivity contribution in [2.75, 3.05) is 19.7 Å². The van der Waals surface area contributed by atoms with Crippen LogP contribution in [0.15, 0.2) is 30.6 Å². The third-order valence-corrected chi connectivity index (χ3v) is 5.48. The van der Waals surface area contributed by atoms with Gasteiger partial charge in [-0.2, -0.15) is 5.10 Å². The lowest BCUT2D eigenvalue weighted by Crippen LogP contribution is -2.36. The summed E-state index contributed by atoms with van der Waals surface area (Å²) >= 11 is 12.6. The van der Waals surface area contributed by atoms with Gasteiger partial charge in [-0.25, -0.2) is 0 Å². The van der Waals surface area contributed by atoms with Crippen molar-refractivity contribution in [2.24, 2.45) is 0 Å². The number of β-amino-alcohol motifs (C(OH)–C–C–N with tert-alkyl or cyclic N) is 1. The van der Waals surface area contributed by atoms with Crippen molar-refractivity contribution in [1.82, 2.24) is 19.7 Å². The van der Waals surface area contributed by atoms with E-state index in [-0.39, 0.29) is 25.0 Å². The average Bonchev–Trinajstić information content (AvgIpc) is 3.21. The molecule has 0 saturated heterocycles. The zero-order valence-corrected chi connectivity index (χ0v) is 14.8. The molecule has 4 rings (SSSR count). The summed E-state index contributed by atoms with van der Waals surface area (Å²) < 4.78 is 1.93. The number of carbonyl (C=O) groups is 1. The maximum atomic E-state index is 12.7. The van der Waals surface area contributed by atoms with Crippen molar-refractivity contribution in [1.29, 1.82) is 0 Å². The molecule has 1 aliphatic rings. The highest BCUT2D eigenvalue weighted by Gasteiger charge is 2.31. The molecule has 8 heteroatoms. The van der Waals surface area contributed by atoms with Crippen LogP contribution in [0.4, 0.5) is 0 Å². The first-order chi connectivity index (χ1) is 12.1. The number of hydrogen-bond acceptors (Lipinski definition) is 3. The number of rotatable bonds is 3. The maximum absolute atomic E-state index is 12.7. The third kappa shape index (κ3) is 2.70. The van der Waals surface area contributed by atoms with Gasteiger partial charge in [0.2, 0.25) is 5.91 Å². The van der Waals surface area contributed by atoms with Crippen LogP contribution in [0.3, 0.4) is 0 Å². The molecule has 2 N–H and O–H groups in total. The molecule has 25 heavy (non-hydrogen) atoms. The van der Waals surface area contributed by atoms with E-state index in [0.29, 0.717) is 23.1 Å². The largest absolute Gasteiger partial charge is 0.395 e. The SMILES string of the molecule is O=C1Cn2c(cc3ccc(Cl)c(Cl)c32)C(c2cn[nH]c2)CN1CCO. The van der Waals surface area contributed by atoms with Crippen molar-refractivity contribution in [3.05, 3.63) is 51.9 Å². The maximum Gasteiger partial charge on any atom is 0.242 e. The number of aromatic nitrogens is 3. The smallest absolute Gasteiger partial charge is 0.242 e. The van der Waals surface area contributed by atoms with Gasteiger partial charge >= 0.3 is 0 Å². The van der Waals surface area contributed by atoms with Gasteiger partial charge in [0.15, 0.2) is 0 Å². The minimum absolute atomic E-state index is 0.0603. The van der Waals surface area contributed by atoms with Crippen molar-refractivity contribution in [2.45, 2.75) is 12.5 Å². The monoisotopic (exact) mass is 378 g/mol. The van der Waals surface area contributed by atoms with Crippen LogP contribution in [0.5, 0.6) is 0 Å². The number of aromatic amines is 1. The zero-order chi connectivity index (χ0) is 17.6. The van der Waals surface area contributed by atoms with Crippen LogP contribution in [0.1, 0.15) is 17.2 Å². The molecule has 130 valence electrons. The lowest BCUT2D eigenvalue weighted by molar-refractivity contribution is -0.131. The Morgan fingerprint density at radius 2 is 2.20 bits per heavy atom. The molecule has 0 spiro atoms. The van der Waals surface area contributed by atoms with Gasteiger partial charge in [-0.1, -0.05) is 29.3 Å². The number of fused-ring (bicyclic) bond motifs is 3. The van der Waals surface area contributed by atoms with E-state index >= 15 is 0 Å². The van der Waals surface area contributed by atoms with Gasteiger partial charge in [-0.15, -0.1) is 0 Å². The minimum Gasteiger partial charge on any atom is -0.395 e. The summed E-state index contributed by atoms with van der Waals surface area (Å²) in [6.07, 6.45) is 3.59. The molecule has 3 aromatic rings. The molecule has 0 radical (unpaired) electrons. The van der Waals surface area contributed by atoms with Crippen LogP contribution in [0, 0.1) is 0 Å². The van der Waals surface area contributed by atoms with Crippen LogP contribution in [-0.2, 0) is 11.3 Å². The Bertz CT molecular complexity index is 936. The molecule has 3 heterocycles. The van der Waals surface area contributed by atoms with Gasteiger partial charge in [0, 0.05) is 41.8 Å². The van der Waals surface area contributed by atoms with Crippen LogP contribution < -0.4 is 0 Å². The van der Waals surface area contributed by atoms with E-state index < -0.39 is 0 Å². The first kappa shape index (κ1) is 16.4. The molecule has 0 fully saturated rings. The summed E-state index contributed by atoms with van der Waals surface area (Å²) in [5.41, 5.74) is 2.72. The molecule has 1 amide bonds. The predicted molar refractivity (Wildman–Crippen MR) is 96.1 cm³/mol. The third-order valence-electron chi connectivity index (χ3n) is 4.68. The molecule has 6 nitrogen and oxygen atoms in total. The highest BCUT2D eigenvalue weighted by molar-refractivity contribution is 6.45. The quantitative estimate of drug-likeness (QED) is 0.735. The molecule has 0 bridgehead atoms. The number of benzene rings is 1. The Labute approximate surface area is 153 Å². The summed E-state index contributed by atoms with van der Waals surface area (Å²) in [6.45, 7) is 0.852. The summed E-state index contributed by atoms with van der Waals surface area (Å²) in [5, 5.41) is 18.0. The first-order valence-corrected chi connectivity index (χ1v) is 8.70. The lowest BCUT2D eigenvalue weighted by atomic mass is 9.98. The van der Waals surface area contributed by atoms with Gasteiger partial charge in [-0.05, 0) is 12.1 Å². The van der Waals surface area contributed by atoms with E-state index in [9.17, 15) is 9.90 Å². The molecular weight excluding hydrogens is 363 g/mol. The summed E-state index contributed by atoms with van der Waals surface area (Å²) in [7, 11) is 0. The van der Waals surface area contributed by atoms with Crippen molar-refractivity contribution >= 4 is 40.0 Å². The normalized spacial score (nSPS) is 17.8. The Balaban J connectivity index is 1.94. The van der Waals surface area contributed by atoms with Crippen LogP contribution in [0.2, 0.25) is 10.0 Å². The van der Waals surface area contributed by atoms with Gasteiger partial charge in [0.1, 0.15) is 6.54 Å². The number of amides is 1. The number of H-pyrrole nitrogens is 1. The summed E-state index contributed by atoms with van der Waals surface area (Å²) in [6, 6.07) is 5.72. The van der Waals surface area contributed by atoms with Gasteiger partial charge < -0.3 is 14.6 Å². The van der Waals surface area contributed by atoms with Gasteiger partial charge in [0.05, 0.1) is 28.4 Å². The van der Waals surface area contributed by atoms with Crippen molar-refractivity contribution in [3.8, 4) is 0 Å². The summed E-state index contributed by atoms with van der Waals surface area (Å²) in [5.74, 6) is -0.131. The molecule has 2 aromatic heterocycles. The van der Waals surface area contributed by atoms with E-state index in [0.717, 1.165) is 22.2 Å². The topological polar surface area (TPSA) is 74.2 Å². The predicted octanol–water partition coefficient (Wildman–Crippen LogP) is 2.64. The van der Waals surface area contributed by atoms with E-state index in [1.165, 1.54) is 0 Å². The Morgan fingerprint density at radius 3 is 2.92 bits per heavy atom. The molecule has 1 aromatic carbocycles. The first-order valence-electron chi connectivity index (χ1n) is 7.94. The number of aliphatic hydroxyl groups is 1. The number of aliphatic hydroxyl groups excluding tert-OH is 1. The van der Waals surface area contributed by atoms with E-state index in [1.54, 1.807) is 17.2 Å². The molecular formula is C17H16Cl2N4O2. The molecule has 1 atom stereocenters. The number of halogens is 2. The Morgan fingerprint density at radius 1 is 1.36 bits per heavy atom. The number of carbonyl (C=O) groups excluding carboxylic acids is 1. The van der Waals surface area contributed by atoms with Crippen LogP contribution in [0.25, 0.3) is 10.9 Å². The number of nitrogens with zero attached hydrogens (tertiary/aromatic N) is 3. The fourth-order valence-corrected chi connectivity index (χ4v) is 3.91. The lowest BCUT2D eigenvalue weighted by Gasteiger charge is -2.23.